The molecule has 2 aromatic heterocycles. The summed E-state index contributed by atoms with van der Waals surface area (Å²) in [6.45, 7) is 8.47. The lowest BCUT2D eigenvalue weighted by Crippen LogP contribution is -2.15. The molecule has 124 valence electrons. The van der Waals surface area contributed by atoms with Crippen molar-refractivity contribution in [1.29, 1.82) is 0 Å². The molecule has 1 aliphatic carbocycles. The van der Waals surface area contributed by atoms with Crippen molar-refractivity contribution in [2.24, 2.45) is 0 Å². The molecule has 0 aliphatic heterocycles. The lowest BCUT2D eigenvalue weighted by Gasteiger charge is -2.10. The van der Waals surface area contributed by atoms with Gasteiger partial charge < -0.3 is 14.8 Å². The van der Waals surface area contributed by atoms with E-state index in [2.05, 4.69) is 33.4 Å². The van der Waals surface area contributed by atoms with Gasteiger partial charge in [0, 0.05) is 6.20 Å². The number of rotatable bonds is 2. The van der Waals surface area contributed by atoms with E-state index < -0.39 is 5.79 Å². The molecular formula is C17H22ClN3O2. The predicted octanol–water partition coefficient (Wildman–Crippen LogP) is 3.55. The number of aliphatic hydroxyl groups is 2. The summed E-state index contributed by atoms with van der Waals surface area (Å²) in [5, 5.41) is 17.6. The zero-order chi connectivity index (χ0) is 17.2. The Kier molecular flexibility index (Phi) is 5.24. The number of hydrogen-bond acceptors (Lipinski definition) is 4. The van der Waals surface area contributed by atoms with Gasteiger partial charge in [-0.05, 0) is 39.2 Å². The lowest BCUT2D eigenvalue weighted by atomic mass is 10.2. The van der Waals surface area contributed by atoms with E-state index in [1.807, 2.05) is 13.0 Å². The van der Waals surface area contributed by atoms with Gasteiger partial charge in [-0.3, -0.25) is 0 Å². The maximum Gasteiger partial charge on any atom is 0.156 e. The number of fused-ring (bicyclic) bond motifs is 1. The third-order valence-corrected chi connectivity index (χ3v) is 3.79. The molecular weight excluding hydrogens is 314 g/mol. The maximum atomic E-state index is 8.08. The topological polar surface area (TPSA) is 71.2 Å². The van der Waals surface area contributed by atoms with Crippen LogP contribution in [-0.4, -0.2) is 30.5 Å². The quantitative estimate of drug-likeness (QED) is 0.650. The van der Waals surface area contributed by atoms with Crippen LogP contribution < -0.4 is 0 Å². The monoisotopic (exact) mass is 335 g/mol. The molecule has 0 spiro atoms. The predicted molar refractivity (Wildman–Crippen MR) is 92.3 cm³/mol. The van der Waals surface area contributed by atoms with Crippen molar-refractivity contribution >= 4 is 22.6 Å². The van der Waals surface area contributed by atoms with Crippen LogP contribution in [0.5, 0.6) is 0 Å². The van der Waals surface area contributed by atoms with E-state index in [0.29, 0.717) is 11.2 Å². The van der Waals surface area contributed by atoms with Crippen molar-refractivity contribution in [3.8, 4) is 0 Å². The molecule has 0 saturated heterocycles. The highest BCUT2D eigenvalue weighted by molar-refractivity contribution is 6.34. The van der Waals surface area contributed by atoms with Gasteiger partial charge in [0.15, 0.2) is 5.79 Å². The number of allylic oxidation sites excluding steroid dienone is 3. The Morgan fingerprint density at radius 3 is 2.61 bits per heavy atom. The average molecular weight is 336 g/mol. The zero-order valence-electron chi connectivity index (χ0n) is 13.6. The van der Waals surface area contributed by atoms with Crippen LogP contribution in [0.25, 0.3) is 11.0 Å². The third kappa shape index (κ3) is 4.41. The van der Waals surface area contributed by atoms with Crippen molar-refractivity contribution in [2.45, 2.75) is 45.4 Å². The van der Waals surface area contributed by atoms with Crippen LogP contribution in [0.3, 0.4) is 0 Å². The van der Waals surface area contributed by atoms with Crippen molar-refractivity contribution in [1.82, 2.24) is 14.5 Å². The normalized spacial score (nSPS) is 17.7. The van der Waals surface area contributed by atoms with Gasteiger partial charge in [0.1, 0.15) is 17.1 Å². The molecule has 0 amide bonds. The van der Waals surface area contributed by atoms with E-state index in [0.717, 1.165) is 29.4 Å². The lowest BCUT2D eigenvalue weighted by molar-refractivity contribution is -0.127. The van der Waals surface area contributed by atoms with Crippen molar-refractivity contribution in [3.63, 3.8) is 0 Å². The highest BCUT2D eigenvalue weighted by Crippen LogP contribution is 2.34. The Balaban J connectivity index is 0.000000338. The molecule has 2 N–H and O–H groups in total. The number of aromatic nitrogens is 3. The molecule has 1 unspecified atom stereocenters. The highest BCUT2D eigenvalue weighted by Gasteiger charge is 2.20. The first-order valence-electron chi connectivity index (χ1n) is 7.46. The van der Waals surface area contributed by atoms with Crippen LogP contribution in [0.4, 0.5) is 0 Å². The van der Waals surface area contributed by atoms with Gasteiger partial charge in [-0.2, -0.15) is 0 Å². The van der Waals surface area contributed by atoms with Gasteiger partial charge in [-0.15, -0.1) is 0 Å². The number of aryl methyl sites for hydroxylation is 1. The first-order chi connectivity index (χ1) is 10.7. The molecule has 0 aromatic carbocycles. The summed E-state index contributed by atoms with van der Waals surface area (Å²) in [5.41, 5.74) is 3.34. The second-order valence-electron chi connectivity index (χ2n) is 6.13. The minimum Gasteiger partial charge on any atom is -0.366 e. The SMILES string of the molecule is C=CC1=CC(n2cc(C)c3c(Cl)ncnc32)CC1.CC(C)(O)O. The van der Waals surface area contributed by atoms with E-state index in [1.165, 1.54) is 25.7 Å². The van der Waals surface area contributed by atoms with Gasteiger partial charge >= 0.3 is 0 Å². The van der Waals surface area contributed by atoms with Crippen LogP contribution in [0.2, 0.25) is 5.15 Å². The second-order valence-corrected chi connectivity index (χ2v) is 6.49. The first-order valence-corrected chi connectivity index (χ1v) is 7.84. The molecule has 3 rings (SSSR count). The van der Waals surface area contributed by atoms with Gasteiger partial charge in [0.2, 0.25) is 0 Å². The second kappa shape index (κ2) is 6.83. The van der Waals surface area contributed by atoms with Gasteiger partial charge in [-0.25, -0.2) is 9.97 Å². The molecule has 0 bridgehead atoms. The Morgan fingerprint density at radius 2 is 2.04 bits per heavy atom. The summed E-state index contributed by atoms with van der Waals surface area (Å²) in [5.74, 6) is -1.50. The molecule has 2 aromatic rings. The minimum atomic E-state index is -1.50. The Bertz CT molecular complexity index is 738. The third-order valence-electron chi connectivity index (χ3n) is 3.51. The molecule has 6 heteroatoms. The Labute approximate surface area is 140 Å². The summed E-state index contributed by atoms with van der Waals surface area (Å²) in [6.07, 6.45) is 9.98. The van der Waals surface area contributed by atoms with Crippen LogP contribution in [0, 0.1) is 6.92 Å². The summed E-state index contributed by atoms with van der Waals surface area (Å²) < 4.78 is 2.19. The van der Waals surface area contributed by atoms with Crippen molar-refractivity contribution in [3.05, 3.63) is 47.5 Å². The van der Waals surface area contributed by atoms with E-state index in [-0.39, 0.29) is 0 Å². The molecule has 0 fully saturated rings. The van der Waals surface area contributed by atoms with Crippen LogP contribution in [0.15, 0.2) is 36.8 Å². The molecule has 1 aliphatic rings. The standard InChI is InChI=1S/C14H14ClN3.C3H8O2/c1-3-10-4-5-11(6-10)18-7-9(2)12-13(15)16-8-17-14(12)18;1-3(2,4)5/h3,6-8,11H,1,4-5H2,2H3;4-5H,1-2H3. The average Bonchev–Trinajstić information content (AvgIpc) is 3.02. The summed E-state index contributed by atoms with van der Waals surface area (Å²) in [6, 6.07) is 0.347. The molecule has 23 heavy (non-hydrogen) atoms. The summed E-state index contributed by atoms with van der Waals surface area (Å²) in [4.78, 5) is 8.42. The van der Waals surface area contributed by atoms with Crippen LogP contribution in [-0.2, 0) is 0 Å². The van der Waals surface area contributed by atoms with E-state index in [4.69, 9.17) is 21.8 Å². The van der Waals surface area contributed by atoms with Crippen molar-refractivity contribution < 1.29 is 10.2 Å². The highest BCUT2D eigenvalue weighted by atomic mass is 35.5. The van der Waals surface area contributed by atoms with Crippen molar-refractivity contribution in [2.75, 3.05) is 0 Å². The van der Waals surface area contributed by atoms with E-state index in [9.17, 15) is 0 Å². The maximum absolute atomic E-state index is 8.08. The van der Waals surface area contributed by atoms with Gasteiger partial charge in [-0.1, -0.05) is 35.9 Å². The smallest absolute Gasteiger partial charge is 0.156 e. The fourth-order valence-corrected chi connectivity index (χ4v) is 2.87. The van der Waals surface area contributed by atoms with Crippen LogP contribution >= 0.6 is 11.6 Å². The van der Waals surface area contributed by atoms with E-state index >= 15 is 0 Å². The fourth-order valence-electron chi connectivity index (χ4n) is 2.60. The number of nitrogens with zero attached hydrogens (tertiary/aromatic N) is 3. The molecule has 0 radical (unpaired) electrons. The fraction of sp³-hybridized carbons (Fsp3) is 0.412. The first kappa shape index (κ1) is 17.7. The van der Waals surface area contributed by atoms with E-state index in [1.54, 1.807) is 0 Å². The largest absolute Gasteiger partial charge is 0.366 e. The summed E-state index contributed by atoms with van der Waals surface area (Å²) >= 11 is 6.14. The molecule has 2 heterocycles. The zero-order valence-corrected chi connectivity index (χ0v) is 14.4. The molecule has 1 atom stereocenters. The van der Waals surface area contributed by atoms with Gasteiger partial charge in [0.05, 0.1) is 11.4 Å². The summed E-state index contributed by atoms with van der Waals surface area (Å²) in [7, 11) is 0. The van der Waals surface area contributed by atoms with Gasteiger partial charge in [0.25, 0.3) is 0 Å². The Hall–Kier alpha value is -1.69. The minimum absolute atomic E-state index is 0.347. The Morgan fingerprint density at radius 1 is 1.39 bits per heavy atom. The van der Waals surface area contributed by atoms with Crippen LogP contribution in [0.1, 0.15) is 38.3 Å². The number of hydrogen-bond donors (Lipinski definition) is 2. The molecule has 5 nitrogen and oxygen atoms in total. The molecule has 0 saturated carbocycles. The number of halogens is 1.